The van der Waals surface area contributed by atoms with Gasteiger partial charge in [0.05, 0.1) is 6.54 Å². The molecule has 0 aliphatic heterocycles. The number of ether oxygens (including phenoxy) is 1. The van der Waals surface area contributed by atoms with Crippen LogP contribution < -0.4 is 10.1 Å². The van der Waals surface area contributed by atoms with Crippen LogP contribution in [-0.4, -0.2) is 43.6 Å². The van der Waals surface area contributed by atoms with Gasteiger partial charge in [0.25, 0.3) is 0 Å². The van der Waals surface area contributed by atoms with Crippen LogP contribution in [0.2, 0.25) is 0 Å². The topological polar surface area (TPSA) is 41.6 Å². The standard InChI is InChI=1S/C18H27FN2O2/c1-14-7-9-15(10-8-14)20-18(22)13-21(2)11-12-23-17-6-4-3-5-16(17)19/h3-6,14-15H,7-13H2,1-2H3,(H,20,22). The fourth-order valence-electron chi connectivity index (χ4n) is 2.88. The van der Waals surface area contributed by atoms with Crippen molar-refractivity contribution in [2.45, 2.75) is 38.6 Å². The van der Waals surface area contributed by atoms with E-state index in [0.29, 0.717) is 25.7 Å². The molecule has 0 aromatic heterocycles. The highest BCUT2D eigenvalue weighted by Crippen LogP contribution is 2.23. The van der Waals surface area contributed by atoms with E-state index in [1.165, 1.54) is 18.9 Å². The Bertz CT molecular complexity index is 502. The highest BCUT2D eigenvalue weighted by atomic mass is 19.1. The molecule has 0 spiro atoms. The third kappa shape index (κ3) is 6.18. The molecule has 2 rings (SSSR count). The summed E-state index contributed by atoms with van der Waals surface area (Å²) in [5.41, 5.74) is 0. The predicted molar refractivity (Wildman–Crippen MR) is 89.0 cm³/mol. The van der Waals surface area contributed by atoms with Gasteiger partial charge in [0.2, 0.25) is 5.91 Å². The van der Waals surface area contributed by atoms with Gasteiger partial charge >= 0.3 is 0 Å². The van der Waals surface area contributed by atoms with E-state index >= 15 is 0 Å². The first-order valence-electron chi connectivity index (χ1n) is 8.40. The fraction of sp³-hybridized carbons (Fsp3) is 0.611. The lowest BCUT2D eigenvalue weighted by atomic mass is 9.87. The van der Waals surface area contributed by atoms with E-state index < -0.39 is 0 Å². The summed E-state index contributed by atoms with van der Waals surface area (Å²) >= 11 is 0. The Kier molecular flexibility index (Phi) is 6.84. The van der Waals surface area contributed by atoms with Gasteiger partial charge in [0, 0.05) is 12.6 Å². The largest absolute Gasteiger partial charge is 0.489 e. The lowest BCUT2D eigenvalue weighted by molar-refractivity contribution is -0.123. The number of carbonyl (C=O) groups is 1. The van der Waals surface area contributed by atoms with Gasteiger partial charge in [-0.25, -0.2) is 4.39 Å². The number of hydrogen-bond acceptors (Lipinski definition) is 3. The number of rotatable bonds is 7. The normalized spacial score (nSPS) is 21.2. The Morgan fingerprint density at radius 1 is 1.30 bits per heavy atom. The van der Waals surface area contributed by atoms with Crippen LogP contribution in [0.4, 0.5) is 4.39 Å². The van der Waals surface area contributed by atoms with Crippen molar-refractivity contribution in [2.24, 2.45) is 5.92 Å². The van der Waals surface area contributed by atoms with Gasteiger partial charge in [0.15, 0.2) is 11.6 Å². The van der Waals surface area contributed by atoms with Crippen molar-refractivity contribution in [3.05, 3.63) is 30.1 Å². The van der Waals surface area contributed by atoms with Crippen molar-refractivity contribution in [2.75, 3.05) is 26.7 Å². The van der Waals surface area contributed by atoms with Crippen LogP contribution >= 0.6 is 0 Å². The van der Waals surface area contributed by atoms with E-state index in [2.05, 4.69) is 12.2 Å². The van der Waals surface area contributed by atoms with E-state index in [0.717, 1.165) is 18.8 Å². The Hall–Kier alpha value is -1.62. The minimum absolute atomic E-state index is 0.0537. The first-order valence-corrected chi connectivity index (χ1v) is 8.40. The number of para-hydroxylation sites is 1. The molecule has 1 aromatic carbocycles. The van der Waals surface area contributed by atoms with Gasteiger partial charge in [-0.1, -0.05) is 19.1 Å². The van der Waals surface area contributed by atoms with Crippen molar-refractivity contribution in [3.63, 3.8) is 0 Å². The lowest BCUT2D eigenvalue weighted by Gasteiger charge is -2.27. The summed E-state index contributed by atoms with van der Waals surface area (Å²) in [6, 6.07) is 6.66. The van der Waals surface area contributed by atoms with Gasteiger partial charge in [-0.05, 0) is 50.8 Å². The average Bonchev–Trinajstić information content (AvgIpc) is 2.51. The highest BCUT2D eigenvalue weighted by molar-refractivity contribution is 5.78. The summed E-state index contributed by atoms with van der Waals surface area (Å²) in [6.45, 7) is 3.53. The van der Waals surface area contributed by atoms with Crippen LogP contribution in [0.3, 0.4) is 0 Å². The first-order chi connectivity index (χ1) is 11.0. The van der Waals surface area contributed by atoms with Crippen LogP contribution in [0, 0.1) is 11.7 Å². The number of carbonyl (C=O) groups excluding carboxylic acids is 1. The average molecular weight is 322 g/mol. The molecule has 0 atom stereocenters. The summed E-state index contributed by atoms with van der Waals surface area (Å²) in [5.74, 6) is 0.723. The minimum atomic E-state index is -0.362. The monoisotopic (exact) mass is 322 g/mol. The fourth-order valence-corrected chi connectivity index (χ4v) is 2.88. The van der Waals surface area contributed by atoms with E-state index in [1.54, 1.807) is 18.2 Å². The quantitative estimate of drug-likeness (QED) is 0.839. The van der Waals surface area contributed by atoms with Crippen molar-refractivity contribution in [3.8, 4) is 5.75 Å². The molecule has 1 N–H and O–H groups in total. The molecule has 0 bridgehead atoms. The summed E-state index contributed by atoms with van der Waals surface area (Å²) in [4.78, 5) is 13.9. The highest BCUT2D eigenvalue weighted by Gasteiger charge is 2.20. The minimum Gasteiger partial charge on any atom is -0.489 e. The Morgan fingerprint density at radius 3 is 2.70 bits per heavy atom. The third-order valence-electron chi connectivity index (χ3n) is 4.36. The summed E-state index contributed by atoms with van der Waals surface area (Å²) < 4.78 is 18.8. The van der Waals surface area contributed by atoms with Gasteiger partial charge in [-0.2, -0.15) is 0 Å². The number of amides is 1. The number of halogens is 1. The zero-order valence-electron chi connectivity index (χ0n) is 14.1. The molecule has 0 unspecified atom stereocenters. The van der Waals surface area contributed by atoms with Crippen molar-refractivity contribution < 1.29 is 13.9 Å². The second kappa shape index (κ2) is 8.87. The zero-order valence-corrected chi connectivity index (χ0v) is 14.1. The van der Waals surface area contributed by atoms with Gasteiger partial charge in [-0.3, -0.25) is 9.69 Å². The number of nitrogens with one attached hydrogen (secondary N) is 1. The van der Waals surface area contributed by atoms with Crippen molar-refractivity contribution >= 4 is 5.91 Å². The van der Waals surface area contributed by atoms with E-state index in [1.807, 2.05) is 11.9 Å². The van der Waals surface area contributed by atoms with Crippen LogP contribution in [0.1, 0.15) is 32.6 Å². The van der Waals surface area contributed by atoms with E-state index in [-0.39, 0.29) is 17.5 Å². The summed E-state index contributed by atoms with van der Waals surface area (Å²) in [6.07, 6.45) is 4.54. The maximum absolute atomic E-state index is 13.4. The molecular formula is C18H27FN2O2. The number of likely N-dealkylation sites (N-methyl/N-ethyl adjacent to an activating group) is 1. The number of benzene rings is 1. The molecule has 0 saturated heterocycles. The molecule has 1 amide bonds. The third-order valence-corrected chi connectivity index (χ3v) is 4.36. The lowest BCUT2D eigenvalue weighted by Crippen LogP contribution is -2.43. The van der Waals surface area contributed by atoms with Crippen LogP contribution in [0.25, 0.3) is 0 Å². The van der Waals surface area contributed by atoms with E-state index in [9.17, 15) is 9.18 Å². The number of nitrogens with zero attached hydrogens (tertiary/aromatic N) is 1. The molecule has 5 heteroatoms. The molecule has 4 nitrogen and oxygen atoms in total. The molecule has 1 aliphatic carbocycles. The van der Waals surface area contributed by atoms with Gasteiger partial charge in [-0.15, -0.1) is 0 Å². The maximum atomic E-state index is 13.4. The zero-order chi connectivity index (χ0) is 16.7. The van der Waals surface area contributed by atoms with Crippen LogP contribution in [0.5, 0.6) is 5.75 Å². The molecule has 1 aromatic rings. The molecular weight excluding hydrogens is 295 g/mol. The number of hydrogen-bond donors (Lipinski definition) is 1. The van der Waals surface area contributed by atoms with E-state index in [4.69, 9.17) is 4.74 Å². The first kappa shape index (κ1) is 17.7. The summed E-state index contributed by atoms with van der Waals surface area (Å²) in [5, 5.41) is 3.11. The molecule has 0 radical (unpaired) electrons. The van der Waals surface area contributed by atoms with Crippen LogP contribution in [0.15, 0.2) is 24.3 Å². The molecule has 1 saturated carbocycles. The molecule has 0 heterocycles. The molecule has 128 valence electrons. The second-order valence-corrected chi connectivity index (χ2v) is 6.54. The van der Waals surface area contributed by atoms with Gasteiger partial charge in [0.1, 0.15) is 6.61 Å². The van der Waals surface area contributed by atoms with Crippen LogP contribution in [-0.2, 0) is 4.79 Å². The Balaban J connectivity index is 1.63. The second-order valence-electron chi connectivity index (χ2n) is 6.54. The Morgan fingerprint density at radius 2 is 2.00 bits per heavy atom. The Labute approximate surface area is 138 Å². The summed E-state index contributed by atoms with van der Waals surface area (Å²) in [7, 11) is 1.87. The SMILES string of the molecule is CC1CCC(NC(=O)CN(C)CCOc2ccccc2F)CC1. The van der Waals surface area contributed by atoms with Crippen molar-refractivity contribution in [1.29, 1.82) is 0 Å². The molecule has 1 aliphatic rings. The van der Waals surface area contributed by atoms with Crippen molar-refractivity contribution in [1.82, 2.24) is 10.2 Å². The smallest absolute Gasteiger partial charge is 0.234 e. The molecule has 23 heavy (non-hydrogen) atoms. The maximum Gasteiger partial charge on any atom is 0.234 e. The predicted octanol–water partition coefficient (Wildman–Crippen LogP) is 2.83. The molecule has 1 fully saturated rings. The van der Waals surface area contributed by atoms with Gasteiger partial charge < -0.3 is 10.1 Å².